The normalized spacial score (nSPS) is 18.6. The van der Waals surface area contributed by atoms with E-state index in [9.17, 15) is 14.9 Å². The van der Waals surface area contributed by atoms with Gasteiger partial charge in [-0.05, 0) is 12.1 Å². The van der Waals surface area contributed by atoms with Gasteiger partial charge in [-0.2, -0.15) is 0 Å². The second kappa shape index (κ2) is 5.36. The van der Waals surface area contributed by atoms with E-state index < -0.39 is 4.92 Å². The summed E-state index contributed by atoms with van der Waals surface area (Å²) in [6.45, 7) is 0. The maximum Gasteiger partial charge on any atom is 0.269 e. The van der Waals surface area contributed by atoms with Gasteiger partial charge < -0.3 is 4.90 Å². The van der Waals surface area contributed by atoms with Gasteiger partial charge in [0.2, 0.25) is 5.91 Å². The number of nitrogens with one attached hydrogen (secondary N) is 1. The fraction of sp³-hybridized carbons (Fsp3) is 0.364. The molecule has 2 rings (SSSR count). The van der Waals surface area contributed by atoms with Gasteiger partial charge in [0.05, 0.1) is 11.0 Å². The fourth-order valence-electron chi connectivity index (χ4n) is 1.71. The minimum Gasteiger partial charge on any atom is -0.314 e. The second-order valence-electron chi connectivity index (χ2n) is 3.94. The van der Waals surface area contributed by atoms with Gasteiger partial charge in [-0.3, -0.25) is 20.2 Å². The Kier molecular flexibility index (Phi) is 3.83. The largest absolute Gasteiger partial charge is 0.314 e. The summed E-state index contributed by atoms with van der Waals surface area (Å²) in [6, 6.07) is 5.79. The zero-order valence-electron chi connectivity index (χ0n) is 9.83. The van der Waals surface area contributed by atoms with Crippen molar-refractivity contribution in [3.8, 4) is 0 Å². The molecule has 1 unspecified atom stereocenters. The molecule has 18 heavy (non-hydrogen) atoms. The Balaban J connectivity index is 2.10. The van der Waals surface area contributed by atoms with Crippen LogP contribution in [-0.4, -0.2) is 35.5 Å². The zero-order chi connectivity index (χ0) is 13.1. The van der Waals surface area contributed by atoms with Crippen molar-refractivity contribution in [1.29, 1.82) is 0 Å². The smallest absolute Gasteiger partial charge is 0.269 e. The average Bonchev–Trinajstić information content (AvgIpc) is 2.91. The van der Waals surface area contributed by atoms with E-state index in [4.69, 9.17) is 0 Å². The first-order valence-corrected chi connectivity index (χ1v) is 6.58. The first-order valence-electron chi connectivity index (χ1n) is 5.43. The van der Waals surface area contributed by atoms with Gasteiger partial charge in [-0.1, -0.05) is 0 Å². The molecule has 1 fully saturated rings. The number of nitro groups is 1. The predicted molar refractivity (Wildman–Crippen MR) is 70.8 cm³/mol. The topological polar surface area (TPSA) is 75.5 Å². The van der Waals surface area contributed by atoms with Crippen LogP contribution in [0.3, 0.4) is 0 Å². The van der Waals surface area contributed by atoms with E-state index >= 15 is 0 Å². The van der Waals surface area contributed by atoms with Gasteiger partial charge in [-0.25, -0.2) is 0 Å². The van der Waals surface area contributed by atoms with Crippen LogP contribution in [0.15, 0.2) is 24.3 Å². The lowest BCUT2D eigenvalue weighted by atomic mass is 10.2. The number of nitro benzene ring substituents is 1. The van der Waals surface area contributed by atoms with E-state index in [-0.39, 0.29) is 17.6 Å². The Bertz CT molecular complexity index is 457. The third-order valence-electron chi connectivity index (χ3n) is 2.79. The molecule has 0 saturated carbocycles. The lowest BCUT2D eigenvalue weighted by Gasteiger charge is -2.20. The zero-order valence-corrected chi connectivity index (χ0v) is 10.6. The molecule has 96 valence electrons. The Hall–Kier alpha value is -1.60. The van der Waals surface area contributed by atoms with Crippen molar-refractivity contribution in [2.24, 2.45) is 0 Å². The molecule has 6 nitrogen and oxygen atoms in total. The van der Waals surface area contributed by atoms with Crippen LogP contribution >= 0.6 is 11.8 Å². The van der Waals surface area contributed by atoms with Crippen LogP contribution < -0.4 is 10.2 Å². The number of thioether (sulfide) groups is 1. The second-order valence-corrected chi connectivity index (χ2v) is 4.97. The minimum absolute atomic E-state index is 0.0196. The van der Waals surface area contributed by atoms with Gasteiger partial charge in [0.15, 0.2) is 0 Å². The monoisotopic (exact) mass is 267 g/mol. The van der Waals surface area contributed by atoms with E-state index in [0.29, 0.717) is 5.69 Å². The van der Waals surface area contributed by atoms with Crippen molar-refractivity contribution in [3.05, 3.63) is 34.4 Å². The van der Waals surface area contributed by atoms with Gasteiger partial charge in [-0.15, -0.1) is 11.8 Å². The number of nitrogens with zero attached hydrogens (tertiary/aromatic N) is 2. The van der Waals surface area contributed by atoms with Crippen LogP contribution in [0.1, 0.15) is 0 Å². The molecule has 1 aromatic rings. The first-order chi connectivity index (χ1) is 8.59. The molecule has 1 amide bonds. The highest BCUT2D eigenvalue weighted by atomic mass is 32.2. The van der Waals surface area contributed by atoms with Crippen LogP contribution in [0.25, 0.3) is 0 Å². The number of non-ortho nitro benzene ring substituents is 1. The third-order valence-corrected chi connectivity index (χ3v) is 3.73. The molecule has 0 bridgehead atoms. The number of likely N-dealkylation sites (N-methyl/N-ethyl adjacent to an activating group) is 1. The summed E-state index contributed by atoms with van der Waals surface area (Å²) in [5, 5.41) is 13.6. The van der Waals surface area contributed by atoms with Crippen LogP contribution in [0.5, 0.6) is 0 Å². The quantitative estimate of drug-likeness (QED) is 0.658. The molecule has 1 atom stereocenters. The Morgan fingerprint density at radius 2 is 2.17 bits per heavy atom. The maximum atomic E-state index is 12.1. The van der Waals surface area contributed by atoms with E-state index in [1.165, 1.54) is 17.0 Å². The molecule has 1 aliphatic heterocycles. The molecule has 1 aromatic carbocycles. The van der Waals surface area contributed by atoms with Crippen molar-refractivity contribution >= 4 is 29.0 Å². The van der Waals surface area contributed by atoms with Gasteiger partial charge in [0.25, 0.3) is 5.69 Å². The third kappa shape index (κ3) is 2.62. The van der Waals surface area contributed by atoms with Gasteiger partial charge in [0.1, 0.15) is 0 Å². The number of benzene rings is 1. The van der Waals surface area contributed by atoms with Crippen molar-refractivity contribution in [2.45, 2.75) is 6.04 Å². The SMILES string of the molecule is CN(C(=O)C1CSCN1)c1ccc([N+](=O)[O-])cc1. The number of carbonyl (C=O) groups excluding carboxylic acids is 1. The first kappa shape index (κ1) is 12.8. The summed E-state index contributed by atoms with van der Waals surface area (Å²) in [6.07, 6.45) is 0. The minimum atomic E-state index is -0.458. The number of hydrogen-bond acceptors (Lipinski definition) is 5. The lowest BCUT2D eigenvalue weighted by molar-refractivity contribution is -0.384. The van der Waals surface area contributed by atoms with E-state index in [2.05, 4.69) is 5.32 Å². The number of rotatable bonds is 3. The predicted octanol–water partition coefficient (Wildman–Crippen LogP) is 1.22. The Labute approximate surface area is 108 Å². The number of carbonyl (C=O) groups is 1. The molecule has 0 spiro atoms. The number of hydrogen-bond donors (Lipinski definition) is 1. The van der Waals surface area contributed by atoms with Crippen LogP contribution in [0.2, 0.25) is 0 Å². The van der Waals surface area contributed by atoms with Crippen molar-refractivity contribution in [1.82, 2.24) is 5.32 Å². The molecule has 1 heterocycles. The highest BCUT2D eigenvalue weighted by Gasteiger charge is 2.26. The van der Waals surface area contributed by atoms with Crippen LogP contribution in [0.4, 0.5) is 11.4 Å². The lowest BCUT2D eigenvalue weighted by Crippen LogP contribution is -2.43. The Morgan fingerprint density at radius 1 is 1.50 bits per heavy atom. The van der Waals surface area contributed by atoms with Gasteiger partial charge in [0, 0.05) is 36.5 Å². The highest BCUT2D eigenvalue weighted by molar-refractivity contribution is 7.99. The molecule has 0 aromatic heterocycles. The van der Waals surface area contributed by atoms with E-state index in [0.717, 1.165) is 11.6 Å². The molecular weight excluding hydrogens is 254 g/mol. The van der Waals surface area contributed by atoms with E-state index in [1.54, 1.807) is 30.9 Å². The Morgan fingerprint density at radius 3 is 2.67 bits per heavy atom. The summed E-state index contributed by atoms with van der Waals surface area (Å²) < 4.78 is 0. The van der Waals surface area contributed by atoms with Crippen molar-refractivity contribution in [2.75, 3.05) is 23.6 Å². The highest BCUT2D eigenvalue weighted by Crippen LogP contribution is 2.20. The van der Waals surface area contributed by atoms with Gasteiger partial charge >= 0.3 is 0 Å². The molecule has 0 aliphatic carbocycles. The van der Waals surface area contributed by atoms with E-state index in [1.807, 2.05) is 0 Å². The molecule has 7 heteroatoms. The van der Waals surface area contributed by atoms with Crippen molar-refractivity contribution < 1.29 is 9.72 Å². The van der Waals surface area contributed by atoms with Crippen LogP contribution in [-0.2, 0) is 4.79 Å². The average molecular weight is 267 g/mol. The molecular formula is C11H13N3O3S. The summed E-state index contributed by atoms with van der Waals surface area (Å²) in [5.74, 6) is 1.52. The molecule has 1 saturated heterocycles. The summed E-state index contributed by atoms with van der Waals surface area (Å²) in [7, 11) is 1.67. The number of amides is 1. The summed E-state index contributed by atoms with van der Waals surface area (Å²) in [5.41, 5.74) is 0.679. The molecule has 1 aliphatic rings. The molecule has 1 N–H and O–H groups in total. The number of anilines is 1. The summed E-state index contributed by atoms with van der Waals surface area (Å²) in [4.78, 5) is 23.7. The van der Waals surface area contributed by atoms with Crippen LogP contribution in [0, 0.1) is 10.1 Å². The fourth-order valence-corrected chi connectivity index (χ4v) is 2.65. The van der Waals surface area contributed by atoms with Crippen molar-refractivity contribution in [3.63, 3.8) is 0 Å². The standard InChI is InChI=1S/C11H13N3O3S/c1-13(11(15)10-6-18-7-12-10)8-2-4-9(5-3-8)14(16)17/h2-5,10,12H,6-7H2,1H3. The maximum absolute atomic E-state index is 12.1. The molecule has 0 radical (unpaired) electrons. The summed E-state index contributed by atoms with van der Waals surface area (Å²) >= 11 is 1.68.